The third kappa shape index (κ3) is 4.87. The number of aryl methyl sites for hydroxylation is 2. The molecule has 2 atom stereocenters. The Balaban J connectivity index is 1.86. The molecule has 1 heterocycles. The molecule has 148 valence electrons. The molecule has 6 nitrogen and oxygen atoms in total. The van der Waals surface area contributed by atoms with Crippen LogP contribution in [0.5, 0.6) is 0 Å². The Hall–Kier alpha value is -2.37. The first-order chi connectivity index (χ1) is 12.5. The summed E-state index contributed by atoms with van der Waals surface area (Å²) >= 11 is 0. The van der Waals surface area contributed by atoms with Crippen molar-refractivity contribution in [3.63, 3.8) is 0 Å². The lowest BCUT2D eigenvalue weighted by Gasteiger charge is -2.26. The highest BCUT2D eigenvalue weighted by Crippen LogP contribution is 2.26. The summed E-state index contributed by atoms with van der Waals surface area (Å²) in [6.07, 6.45) is 0.218. The molecule has 0 bridgehead atoms. The van der Waals surface area contributed by atoms with E-state index in [0.717, 1.165) is 22.3 Å². The number of benzene rings is 1. The van der Waals surface area contributed by atoms with Gasteiger partial charge in [-0.3, -0.25) is 14.4 Å². The highest BCUT2D eigenvalue weighted by atomic mass is 16.2. The third-order valence-corrected chi connectivity index (χ3v) is 5.45. The van der Waals surface area contributed by atoms with Gasteiger partial charge < -0.3 is 16.0 Å². The van der Waals surface area contributed by atoms with Crippen molar-refractivity contribution in [2.75, 3.05) is 13.1 Å². The number of hydrogen-bond acceptors (Lipinski definition) is 3. The first kappa shape index (κ1) is 20.9. The number of hydrogen-bond donors (Lipinski definition) is 3. The first-order valence-corrected chi connectivity index (χ1v) is 9.46. The smallest absolute Gasteiger partial charge is 0.251 e. The minimum absolute atomic E-state index is 0.0801. The molecule has 3 N–H and O–H groups in total. The summed E-state index contributed by atoms with van der Waals surface area (Å²) in [7, 11) is 0. The van der Waals surface area contributed by atoms with Gasteiger partial charge in [-0.15, -0.1) is 0 Å². The highest BCUT2D eigenvalue weighted by Gasteiger charge is 2.43. The van der Waals surface area contributed by atoms with Crippen LogP contribution in [0.2, 0.25) is 0 Å². The van der Waals surface area contributed by atoms with E-state index in [4.69, 9.17) is 0 Å². The number of rotatable bonds is 6. The van der Waals surface area contributed by atoms with Crippen LogP contribution < -0.4 is 16.0 Å². The van der Waals surface area contributed by atoms with Gasteiger partial charge in [-0.05, 0) is 57.2 Å². The van der Waals surface area contributed by atoms with Crippen molar-refractivity contribution in [2.45, 2.75) is 53.5 Å². The van der Waals surface area contributed by atoms with Gasteiger partial charge in [-0.2, -0.15) is 0 Å². The SMILES string of the molecule is Cc1ccc(C)c(C(=O)NCC(C)CNC(=O)C2CC(=O)NC2(C)C)c1C. The van der Waals surface area contributed by atoms with E-state index in [1.54, 1.807) is 0 Å². The predicted molar refractivity (Wildman–Crippen MR) is 105 cm³/mol. The van der Waals surface area contributed by atoms with Gasteiger partial charge in [0.25, 0.3) is 5.91 Å². The molecular formula is C21H31N3O3. The summed E-state index contributed by atoms with van der Waals surface area (Å²) in [6, 6.07) is 3.98. The molecule has 1 aromatic carbocycles. The standard InChI is InChI=1S/C21H31N3O3/c1-12(10-22-19(26)16-9-17(25)24-21(16,5)6)11-23-20(27)18-14(3)8-7-13(2)15(18)4/h7-8,12,16H,9-11H2,1-6H3,(H,22,26)(H,23,27)(H,24,25). The minimum Gasteiger partial charge on any atom is -0.355 e. The van der Waals surface area contributed by atoms with Crippen LogP contribution in [-0.4, -0.2) is 36.3 Å². The highest BCUT2D eigenvalue weighted by molar-refractivity contribution is 5.97. The lowest BCUT2D eigenvalue weighted by molar-refractivity contribution is -0.127. The Labute approximate surface area is 161 Å². The topological polar surface area (TPSA) is 87.3 Å². The van der Waals surface area contributed by atoms with Crippen molar-refractivity contribution >= 4 is 17.7 Å². The number of amides is 3. The van der Waals surface area contributed by atoms with Crippen molar-refractivity contribution in [2.24, 2.45) is 11.8 Å². The Kier molecular flexibility index (Phi) is 6.29. The molecule has 27 heavy (non-hydrogen) atoms. The molecule has 1 aliphatic heterocycles. The summed E-state index contributed by atoms with van der Waals surface area (Å²) < 4.78 is 0. The molecule has 0 spiro atoms. The van der Waals surface area contributed by atoms with Crippen molar-refractivity contribution in [3.05, 3.63) is 34.4 Å². The quantitative estimate of drug-likeness (QED) is 0.713. The summed E-state index contributed by atoms with van der Waals surface area (Å²) in [5, 5.41) is 8.71. The number of nitrogens with one attached hydrogen (secondary N) is 3. The molecule has 1 saturated heterocycles. The largest absolute Gasteiger partial charge is 0.355 e. The van der Waals surface area contributed by atoms with E-state index in [9.17, 15) is 14.4 Å². The monoisotopic (exact) mass is 373 g/mol. The molecule has 0 saturated carbocycles. The van der Waals surface area contributed by atoms with Gasteiger partial charge in [0.05, 0.1) is 5.92 Å². The van der Waals surface area contributed by atoms with Gasteiger partial charge in [0, 0.05) is 30.6 Å². The zero-order valence-corrected chi connectivity index (χ0v) is 17.2. The molecule has 0 aliphatic carbocycles. The van der Waals surface area contributed by atoms with E-state index in [1.165, 1.54) is 0 Å². The van der Waals surface area contributed by atoms with E-state index in [0.29, 0.717) is 13.1 Å². The average molecular weight is 373 g/mol. The van der Waals surface area contributed by atoms with E-state index in [1.807, 2.05) is 53.7 Å². The lowest BCUT2D eigenvalue weighted by atomic mass is 9.88. The van der Waals surface area contributed by atoms with Crippen molar-refractivity contribution in [1.82, 2.24) is 16.0 Å². The molecule has 6 heteroatoms. The normalized spacial score (nSPS) is 19.3. The van der Waals surface area contributed by atoms with Crippen molar-refractivity contribution < 1.29 is 14.4 Å². The molecule has 0 radical (unpaired) electrons. The van der Waals surface area contributed by atoms with E-state index >= 15 is 0 Å². The van der Waals surface area contributed by atoms with Crippen LogP contribution in [-0.2, 0) is 9.59 Å². The van der Waals surface area contributed by atoms with Gasteiger partial charge in [0.2, 0.25) is 11.8 Å². The Morgan fingerprint density at radius 3 is 2.33 bits per heavy atom. The molecule has 2 unspecified atom stereocenters. The van der Waals surface area contributed by atoms with Crippen LogP contribution in [0.3, 0.4) is 0 Å². The van der Waals surface area contributed by atoms with Crippen molar-refractivity contribution in [1.29, 1.82) is 0 Å². The molecule has 2 rings (SSSR count). The number of carbonyl (C=O) groups is 3. The van der Waals surface area contributed by atoms with E-state index in [-0.39, 0.29) is 36.0 Å². The maximum atomic E-state index is 12.6. The Morgan fingerprint density at radius 2 is 1.74 bits per heavy atom. The van der Waals surface area contributed by atoms with Crippen LogP contribution in [0, 0.1) is 32.6 Å². The summed E-state index contributed by atoms with van der Waals surface area (Å²) in [5.41, 5.74) is 3.24. The summed E-state index contributed by atoms with van der Waals surface area (Å²) in [5.74, 6) is -0.592. The van der Waals surface area contributed by atoms with Gasteiger partial charge >= 0.3 is 0 Å². The average Bonchev–Trinajstić information content (AvgIpc) is 2.86. The van der Waals surface area contributed by atoms with Crippen LogP contribution in [0.1, 0.15) is 54.2 Å². The predicted octanol–water partition coefficient (Wildman–Crippen LogP) is 2.01. The zero-order chi connectivity index (χ0) is 20.4. The number of carbonyl (C=O) groups excluding carboxylic acids is 3. The van der Waals surface area contributed by atoms with Crippen LogP contribution in [0.25, 0.3) is 0 Å². The molecular weight excluding hydrogens is 342 g/mol. The first-order valence-electron chi connectivity index (χ1n) is 9.46. The van der Waals surface area contributed by atoms with Crippen LogP contribution in [0.15, 0.2) is 12.1 Å². The lowest BCUT2D eigenvalue weighted by Crippen LogP contribution is -2.47. The fourth-order valence-corrected chi connectivity index (χ4v) is 3.48. The van der Waals surface area contributed by atoms with Gasteiger partial charge in [-0.1, -0.05) is 19.1 Å². The van der Waals surface area contributed by atoms with E-state index < -0.39 is 5.54 Å². The zero-order valence-electron chi connectivity index (χ0n) is 17.2. The summed E-state index contributed by atoms with van der Waals surface area (Å²) in [6.45, 7) is 12.5. The Bertz CT molecular complexity index is 755. The summed E-state index contributed by atoms with van der Waals surface area (Å²) in [4.78, 5) is 36.5. The molecule has 3 amide bonds. The maximum Gasteiger partial charge on any atom is 0.251 e. The second-order valence-electron chi connectivity index (χ2n) is 8.29. The van der Waals surface area contributed by atoms with Gasteiger partial charge in [0.1, 0.15) is 0 Å². The van der Waals surface area contributed by atoms with Crippen molar-refractivity contribution in [3.8, 4) is 0 Å². The van der Waals surface area contributed by atoms with E-state index in [2.05, 4.69) is 16.0 Å². The molecule has 0 aromatic heterocycles. The second-order valence-corrected chi connectivity index (χ2v) is 8.29. The molecule has 1 fully saturated rings. The van der Waals surface area contributed by atoms with Crippen LogP contribution in [0.4, 0.5) is 0 Å². The fraction of sp³-hybridized carbons (Fsp3) is 0.571. The van der Waals surface area contributed by atoms with Crippen LogP contribution >= 0.6 is 0 Å². The third-order valence-electron chi connectivity index (χ3n) is 5.45. The minimum atomic E-state index is -0.529. The molecule has 1 aromatic rings. The second kappa shape index (κ2) is 8.11. The van der Waals surface area contributed by atoms with Gasteiger partial charge in [-0.25, -0.2) is 0 Å². The Morgan fingerprint density at radius 1 is 1.15 bits per heavy atom. The van der Waals surface area contributed by atoms with Gasteiger partial charge in [0.15, 0.2) is 0 Å². The maximum absolute atomic E-state index is 12.6. The fourth-order valence-electron chi connectivity index (χ4n) is 3.48. The molecule has 1 aliphatic rings.